The zero-order chi connectivity index (χ0) is 22.5. The molecular formula is C25H28N4O2S. The second-order valence-electron chi connectivity index (χ2n) is 8.05. The van der Waals surface area contributed by atoms with E-state index in [1.54, 1.807) is 16.7 Å². The van der Waals surface area contributed by atoms with Crippen LogP contribution in [0.5, 0.6) is 0 Å². The number of benzene rings is 2. The van der Waals surface area contributed by atoms with Crippen molar-refractivity contribution in [3.63, 3.8) is 0 Å². The van der Waals surface area contributed by atoms with Crippen molar-refractivity contribution in [2.24, 2.45) is 0 Å². The first-order valence-electron chi connectivity index (χ1n) is 10.8. The first-order valence-corrected chi connectivity index (χ1v) is 11.8. The van der Waals surface area contributed by atoms with Gasteiger partial charge in [0.15, 0.2) is 5.16 Å². The number of carbonyl (C=O) groups excluding carboxylic acids is 1. The van der Waals surface area contributed by atoms with Gasteiger partial charge in [0, 0.05) is 39.3 Å². The van der Waals surface area contributed by atoms with Gasteiger partial charge in [-0.1, -0.05) is 59.8 Å². The molecule has 1 aliphatic rings. The van der Waals surface area contributed by atoms with Crippen LogP contribution in [0.2, 0.25) is 0 Å². The predicted octanol–water partition coefficient (Wildman–Crippen LogP) is 3.33. The summed E-state index contributed by atoms with van der Waals surface area (Å²) in [4.78, 5) is 34.6. The lowest BCUT2D eigenvalue weighted by atomic mass is 10.1. The number of allylic oxidation sites excluding steroid dienone is 1. The number of thioether (sulfide) groups is 1. The van der Waals surface area contributed by atoms with E-state index in [1.165, 1.54) is 22.9 Å². The maximum atomic E-state index is 12.9. The van der Waals surface area contributed by atoms with Crippen molar-refractivity contribution in [2.75, 3.05) is 31.9 Å². The van der Waals surface area contributed by atoms with E-state index in [0.29, 0.717) is 22.6 Å². The molecule has 0 spiro atoms. The molecule has 1 fully saturated rings. The number of amides is 1. The van der Waals surface area contributed by atoms with Crippen LogP contribution >= 0.6 is 11.8 Å². The molecule has 0 aliphatic carbocycles. The number of fused-ring (bicyclic) bond motifs is 1. The molecule has 32 heavy (non-hydrogen) atoms. The van der Waals surface area contributed by atoms with Gasteiger partial charge in [0.05, 0.1) is 16.7 Å². The average molecular weight is 449 g/mol. The minimum Gasteiger partial charge on any atom is -0.339 e. The summed E-state index contributed by atoms with van der Waals surface area (Å²) in [6.07, 6.45) is 1.68. The van der Waals surface area contributed by atoms with Crippen molar-refractivity contribution in [3.8, 4) is 0 Å². The summed E-state index contributed by atoms with van der Waals surface area (Å²) in [5, 5.41) is 1.13. The SMILES string of the molecule is C=CCn1c(SCC(=O)N2CCN(Cc3cccc(C)c3)CC2)nc2ccccc2c1=O. The summed E-state index contributed by atoms with van der Waals surface area (Å²) in [7, 11) is 0. The van der Waals surface area contributed by atoms with E-state index in [0.717, 1.165) is 32.7 Å². The molecule has 6 nitrogen and oxygen atoms in total. The number of hydrogen-bond acceptors (Lipinski definition) is 5. The molecule has 0 radical (unpaired) electrons. The van der Waals surface area contributed by atoms with Crippen LogP contribution in [0.4, 0.5) is 0 Å². The molecule has 0 bridgehead atoms. The molecule has 4 rings (SSSR count). The predicted molar refractivity (Wildman–Crippen MR) is 130 cm³/mol. The summed E-state index contributed by atoms with van der Waals surface area (Å²) >= 11 is 1.32. The highest BCUT2D eigenvalue weighted by atomic mass is 32.2. The molecule has 7 heteroatoms. The van der Waals surface area contributed by atoms with Crippen molar-refractivity contribution < 1.29 is 4.79 Å². The summed E-state index contributed by atoms with van der Waals surface area (Å²) in [6, 6.07) is 15.9. The molecular weight excluding hydrogens is 420 g/mol. The second kappa shape index (κ2) is 10.1. The van der Waals surface area contributed by atoms with Crippen LogP contribution in [-0.2, 0) is 17.9 Å². The number of aromatic nitrogens is 2. The van der Waals surface area contributed by atoms with Gasteiger partial charge < -0.3 is 4.90 Å². The third kappa shape index (κ3) is 5.11. The maximum Gasteiger partial charge on any atom is 0.262 e. The fraction of sp³-hybridized carbons (Fsp3) is 0.320. The van der Waals surface area contributed by atoms with Gasteiger partial charge in [-0.05, 0) is 24.6 Å². The van der Waals surface area contributed by atoms with E-state index in [1.807, 2.05) is 23.1 Å². The number of rotatable bonds is 7. The molecule has 3 aromatic rings. The lowest BCUT2D eigenvalue weighted by Gasteiger charge is -2.34. The van der Waals surface area contributed by atoms with Crippen molar-refractivity contribution >= 4 is 28.6 Å². The Labute approximate surface area is 192 Å². The summed E-state index contributed by atoms with van der Waals surface area (Å²) in [5.41, 5.74) is 3.13. The van der Waals surface area contributed by atoms with E-state index >= 15 is 0 Å². The molecule has 1 aliphatic heterocycles. The van der Waals surface area contributed by atoms with Gasteiger partial charge in [-0.25, -0.2) is 4.98 Å². The van der Waals surface area contributed by atoms with Crippen molar-refractivity contribution in [3.05, 3.63) is 82.7 Å². The molecule has 1 amide bonds. The van der Waals surface area contributed by atoms with E-state index in [9.17, 15) is 9.59 Å². The lowest BCUT2D eigenvalue weighted by Crippen LogP contribution is -2.48. The Kier molecular flexibility index (Phi) is 7.07. The Morgan fingerprint density at radius 2 is 1.91 bits per heavy atom. The van der Waals surface area contributed by atoms with Gasteiger partial charge in [-0.2, -0.15) is 0 Å². The Bertz CT molecular complexity index is 1180. The Hall–Kier alpha value is -2.90. The van der Waals surface area contributed by atoms with Crippen molar-refractivity contribution in [1.29, 1.82) is 0 Å². The second-order valence-corrected chi connectivity index (χ2v) is 8.99. The summed E-state index contributed by atoms with van der Waals surface area (Å²) in [5.74, 6) is 0.345. The number of carbonyl (C=O) groups is 1. The van der Waals surface area contributed by atoms with Crippen LogP contribution in [0, 0.1) is 6.92 Å². The zero-order valence-electron chi connectivity index (χ0n) is 18.4. The minimum absolute atomic E-state index is 0.0813. The molecule has 0 unspecified atom stereocenters. The fourth-order valence-corrected chi connectivity index (χ4v) is 4.90. The Morgan fingerprint density at radius 1 is 1.12 bits per heavy atom. The highest BCUT2D eigenvalue weighted by molar-refractivity contribution is 7.99. The average Bonchev–Trinajstić information content (AvgIpc) is 2.80. The van der Waals surface area contributed by atoms with Crippen molar-refractivity contribution in [2.45, 2.75) is 25.2 Å². The van der Waals surface area contributed by atoms with Crippen LogP contribution in [0.15, 0.2) is 71.1 Å². The number of nitrogens with zero attached hydrogens (tertiary/aromatic N) is 4. The van der Waals surface area contributed by atoms with Gasteiger partial charge in [0.2, 0.25) is 5.91 Å². The molecule has 0 N–H and O–H groups in total. The van der Waals surface area contributed by atoms with Crippen molar-refractivity contribution in [1.82, 2.24) is 19.4 Å². The molecule has 0 atom stereocenters. The minimum atomic E-state index is -0.102. The van der Waals surface area contributed by atoms with Crippen LogP contribution in [0.25, 0.3) is 10.9 Å². The highest BCUT2D eigenvalue weighted by Crippen LogP contribution is 2.19. The first kappa shape index (κ1) is 22.3. The van der Waals surface area contributed by atoms with Gasteiger partial charge in [-0.3, -0.25) is 19.1 Å². The largest absolute Gasteiger partial charge is 0.339 e. The number of hydrogen-bond donors (Lipinski definition) is 0. The van der Waals surface area contributed by atoms with Crippen LogP contribution in [-0.4, -0.2) is 57.2 Å². The smallest absolute Gasteiger partial charge is 0.262 e. The lowest BCUT2D eigenvalue weighted by molar-refractivity contribution is -0.130. The summed E-state index contributed by atoms with van der Waals surface area (Å²) < 4.78 is 1.59. The fourth-order valence-electron chi connectivity index (χ4n) is 3.99. The quantitative estimate of drug-likeness (QED) is 0.315. The van der Waals surface area contributed by atoms with Crippen LogP contribution < -0.4 is 5.56 Å². The van der Waals surface area contributed by atoms with Crippen LogP contribution in [0.3, 0.4) is 0 Å². The van der Waals surface area contributed by atoms with Crippen LogP contribution in [0.1, 0.15) is 11.1 Å². The topological polar surface area (TPSA) is 58.4 Å². The molecule has 2 aromatic carbocycles. The number of piperazine rings is 1. The zero-order valence-corrected chi connectivity index (χ0v) is 19.2. The molecule has 166 valence electrons. The third-order valence-corrected chi connectivity index (χ3v) is 6.64. The molecule has 1 saturated heterocycles. The van der Waals surface area contributed by atoms with E-state index in [4.69, 9.17) is 0 Å². The Morgan fingerprint density at radius 3 is 2.66 bits per heavy atom. The monoisotopic (exact) mass is 448 g/mol. The first-order chi connectivity index (χ1) is 15.5. The standard InChI is InChI=1S/C25H28N4O2S/c1-3-11-29-24(31)21-9-4-5-10-22(21)26-25(29)32-18-23(30)28-14-12-27(13-15-28)17-20-8-6-7-19(2)16-20/h3-10,16H,1,11-15,17-18H2,2H3. The van der Waals surface area contributed by atoms with E-state index in [-0.39, 0.29) is 17.2 Å². The third-order valence-electron chi connectivity index (χ3n) is 5.68. The maximum absolute atomic E-state index is 12.9. The number of aryl methyl sites for hydroxylation is 1. The van der Waals surface area contributed by atoms with Gasteiger partial charge in [-0.15, -0.1) is 6.58 Å². The summed E-state index contributed by atoms with van der Waals surface area (Å²) in [6.45, 7) is 10.3. The van der Waals surface area contributed by atoms with E-state index in [2.05, 4.69) is 47.7 Å². The normalized spacial score (nSPS) is 14.6. The van der Waals surface area contributed by atoms with Gasteiger partial charge in [0.1, 0.15) is 0 Å². The van der Waals surface area contributed by atoms with Gasteiger partial charge in [0.25, 0.3) is 5.56 Å². The molecule has 2 heterocycles. The number of para-hydroxylation sites is 1. The molecule has 1 aromatic heterocycles. The van der Waals surface area contributed by atoms with Gasteiger partial charge >= 0.3 is 0 Å². The molecule has 0 saturated carbocycles. The van der Waals surface area contributed by atoms with E-state index < -0.39 is 0 Å². The Balaban J connectivity index is 1.37. The highest BCUT2D eigenvalue weighted by Gasteiger charge is 2.22.